The molecule has 4 heavy (non-hydrogen) atoms. The van der Waals surface area contributed by atoms with E-state index in [0.29, 0.717) is 0 Å². The average Bonchev–Trinajstić information content (AvgIpc) is 1.50. The van der Waals surface area contributed by atoms with Gasteiger partial charge in [0.25, 0.3) is 0 Å². The van der Waals surface area contributed by atoms with Gasteiger partial charge in [-0.15, -0.1) is 0 Å². The van der Waals surface area contributed by atoms with Crippen molar-refractivity contribution >= 4 is 0 Å². The molecule has 0 saturated heterocycles. The standard InChI is InChI=1S/CHN.CN/c2*1-2/h1H;/q;-1. The molecule has 0 N–H and O–H groups in total. The molecule has 20 valence electrons. The molecule has 0 radical (unpaired) electrons. The Balaban J connectivity index is 0. The molecule has 0 amide bonds. The molecule has 0 heterocycles. The van der Waals surface area contributed by atoms with Gasteiger partial charge < -0.3 is 11.8 Å². The highest BCUT2D eigenvalue weighted by Gasteiger charge is 0.513. The van der Waals surface area contributed by atoms with Crippen molar-refractivity contribution in [2.75, 3.05) is 0 Å². The smallest absolute Gasteiger partial charge is 0.0462 e. The van der Waals surface area contributed by atoms with E-state index in [1.54, 1.807) is 0 Å². The van der Waals surface area contributed by atoms with Gasteiger partial charge in [0.2, 0.25) is 0 Å². The van der Waals surface area contributed by atoms with Crippen LogP contribution in [0.5, 0.6) is 0 Å². The molecule has 2 nitrogen and oxygen atoms in total. The SMILES string of the molecule is C#N.[C-]#N. The monoisotopic (exact) mass is 53.0 g/mol. The molecule has 0 aliphatic carbocycles. The summed E-state index contributed by atoms with van der Waals surface area (Å²) in [4.78, 5) is 0. The van der Waals surface area contributed by atoms with Crippen LogP contribution in [0.3, 0.4) is 0 Å². The number of nitriles is 1. The lowest BCUT2D eigenvalue weighted by Gasteiger charge is -1.08. The molecular weight excluding hydrogens is 52.0 g/mol. The number of hydrogen-bond donors (Lipinski definition) is 0. The maximum absolute atomic E-state index is 6.50. The van der Waals surface area contributed by atoms with E-state index in [1.165, 1.54) is 0 Å². The molecule has 0 saturated carbocycles. The first-order valence-electron chi connectivity index (χ1n) is 0.482. The molecule has 0 aromatic heterocycles. The van der Waals surface area contributed by atoms with Crippen LogP contribution in [0.15, 0.2) is 0 Å². The van der Waals surface area contributed by atoms with Gasteiger partial charge in [0, 0.05) is 6.57 Å². The lowest BCUT2D eigenvalue weighted by molar-refractivity contribution is 1.53. The summed E-state index contributed by atoms with van der Waals surface area (Å²) in [5.41, 5.74) is 0. The van der Waals surface area contributed by atoms with E-state index in [-0.39, 0.29) is 0 Å². The summed E-state index contributed by atoms with van der Waals surface area (Å²) < 4.78 is 0. The zero-order valence-corrected chi connectivity index (χ0v) is 1.97. The minimum atomic E-state index is 3.50. The Morgan fingerprint density at radius 1 is 1.25 bits per heavy atom. The van der Waals surface area contributed by atoms with Gasteiger partial charge in [0.1, 0.15) is 0 Å². The Morgan fingerprint density at radius 2 is 1.25 bits per heavy atom. The molecule has 0 aliphatic rings. The topological polar surface area (TPSA) is 47.6 Å². The van der Waals surface area contributed by atoms with Crippen molar-refractivity contribution in [2.45, 2.75) is 0 Å². The van der Waals surface area contributed by atoms with Crippen LogP contribution in [0.1, 0.15) is 0 Å². The maximum Gasteiger partial charge on any atom is 0.0462 e. The van der Waals surface area contributed by atoms with E-state index in [2.05, 4.69) is 6.57 Å². The van der Waals surface area contributed by atoms with E-state index >= 15 is 0 Å². The molecule has 0 rings (SSSR count). The zero-order chi connectivity index (χ0) is 4.00. The number of rotatable bonds is 0. The lowest BCUT2D eigenvalue weighted by Crippen LogP contribution is -0.569. The summed E-state index contributed by atoms with van der Waals surface area (Å²) in [6.07, 6.45) is 0. The second-order valence-electron chi connectivity index (χ2n) is 0. The Morgan fingerprint density at radius 3 is 1.25 bits per heavy atom. The van der Waals surface area contributed by atoms with Crippen molar-refractivity contribution in [3.8, 4) is 6.57 Å². The predicted octanol–water partition coefficient (Wildman–Crippen LogP) is 0.236. The Hall–Kier alpha value is -1.02. The summed E-state index contributed by atoms with van der Waals surface area (Å²) in [6.45, 7) is 8.25. The van der Waals surface area contributed by atoms with Gasteiger partial charge in [-0.3, -0.25) is 0 Å². The summed E-state index contributed by atoms with van der Waals surface area (Å²) in [6, 6.07) is 0. The van der Waals surface area contributed by atoms with Crippen LogP contribution >= 0.6 is 0 Å². The summed E-state index contributed by atoms with van der Waals surface area (Å²) in [7, 11) is 0. The minimum absolute atomic E-state index is 3.50. The van der Waals surface area contributed by atoms with Gasteiger partial charge in [-0.1, -0.05) is 0 Å². The van der Waals surface area contributed by atoms with Crippen molar-refractivity contribution in [3.05, 3.63) is 6.57 Å². The van der Waals surface area contributed by atoms with Gasteiger partial charge >= 0.3 is 0 Å². The summed E-state index contributed by atoms with van der Waals surface area (Å²) >= 11 is 0. The second kappa shape index (κ2) is 1.83. The molecule has 0 bridgehead atoms. The van der Waals surface area contributed by atoms with Crippen molar-refractivity contribution in [3.63, 3.8) is 0 Å². The number of hydrogen-bond acceptors (Lipinski definition) is 2. The first kappa shape index (κ1) is 12.2. The molecule has 0 aromatic rings. The first-order chi connectivity index (χ1) is 2.00. The molecule has 2 heteroatoms. The van der Waals surface area contributed by atoms with Crippen molar-refractivity contribution in [1.82, 2.24) is 0 Å². The van der Waals surface area contributed by atoms with Crippen LogP contribution in [0.4, 0.5) is 0 Å². The zero-order valence-electron chi connectivity index (χ0n) is 1.97. The lowest BCUT2D eigenvalue weighted by atomic mass is 11.9. The summed E-state index contributed by atoms with van der Waals surface area (Å²) in [5, 5.41) is 12.8. The normalized spacial score (nSPS) is 1.00. The highest BCUT2D eigenvalue weighted by molar-refractivity contribution is 4.03. The molecule has 0 atom stereocenters. The Kier molecular flexibility index (Phi) is 5.56. The van der Waals surface area contributed by atoms with Crippen LogP contribution in [-0.2, 0) is 0 Å². The third-order valence-electron chi connectivity index (χ3n) is 0. The third kappa shape index (κ3) is 0.000377. The van der Waals surface area contributed by atoms with E-state index in [0.717, 1.165) is 0 Å². The largest absolute Gasteiger partial charge is 0.512 e. The fourth-order valence-electron chi connectivity index (χ4n) is 0. The van der Waals surface area contributed by atoms with Crippen LogP contribution in [0, 0.1) is 23.7 Å². The van der Waals surface area contributed by atoms with Crippen molar-refractivity contribution < 1.29 is 0 Å². The molecule has 0 aromatic carbocycles. The van der Waals surface area contributed by atoms with E-state index in [4.69, 9.17) is 17.1 Å². The third-order valence-corrected chi connectivity index (χ3v) is 0. The van der Waals surface area contributed by atoms with Gasteiger partial charge in [-0.25, -0.2) is 5.26 Å². The highest BCUT2D eigenvalue weighted by atomic mass is 14.2. The Labute approximate surface area is 24.9 Å². The quantitative estimate of drug-likeness (QED) is 0.371. The van der Waals surface area contributed by atoms with E-state index < -0.39 is 0 Å². The number of nitrogens with zero attached hydrogens (tertiary/aromatic N) is 2. The van der Waals surface area contributed by atoms with Crippen molar-refractivity contribution in [1.29, 1.82) is 10.5 Å². The van der Waals surface area contributed by atoms with Gasteiger partial charge in [-0.05, 0) is 0 Å². The van der Waals surface area contributed by atoms with Gasteiger partial charge in [-0.2, -0.15) is 0 Å². The molecule has 0 aliphatic heterocycles. The van der Waals surface area contributed by atoms with E-state index in [9.17, 15) is 0 Å². The van der Waals surface area contributed by atoms with Gasteiger partial charge in [0.05, 0.1) is 0 Å². The fourth-order valence-corrected chi connectivity index (χ4v) is 0. The molecular formula is C2HN2-. The molecule has 0 spiro atoms. The predicted molar refractivity (Wildman–Crippen MR) is 11.6 cm³/mol. The molecule has 0 unspecified atom stereocenters. The van der Waals surface area contributed by atoms with E-state index in [1.807, 2.05) is 0 Å². The maximum atomic E-state index is 6.50. The van der Waals surface area contributed by atoms with Crippen LogP contribution in [0.25, 0.3) is 0 Å². The minimum Gasteiger partial charge on any atom is -0.512 e. The summed E-state index contributed by atoms with van der Waals surface area (Å²) in [5.74, 6) is 0. The van der Waals surface area contributed by atoms with Crippen molar-refractivity contribution in [2.24, 2.45) is 0 Å². The Bertz CT molecular complexity index is 19.5. The fraction of sp³-hybridized carbons (Fsp3) is 0. The van der Waals surface area contributed by atoms with Crippen LogP contribution in [0.2, 0.25) is 0 Å². The molecule has 0 fully saturated rings. The van der Waals surface area contributed by atoms with Gasteiger partial charge in [0.15, 0.2) is 0 Å². The first-order valence-corrected chi connectivity index (χ1v) is 0.482. The van der Waals surface area contributed by atoms with Crippen LogP contribution < -0.4 is 0 Å². The second-order valence-corrected chi connectivity index (χ2v) is 0. The van der Waals surface area contributed by atoms with Crippen LogP contribution in [-0.4, -0.2) is 0 Å². The highest BCUT2D eigenvalue weighted by Crippen LogP contribution is 0.627. The average molecular weight is 53.0 g/mol.